The Kier molecular flexibility index (Phi) is 4.76. The number of nitrogens with one attached hydrogen (secondary N) is 2. The first-order chi connectivity index (χ1) is 15.2. The van der Waals surface area contributed by atoms with E-state index in [4.69, 9.17) is 4.74 Å². The van der Waals surface area contributed by atoms with E-state index in [2.05, 4.69) is 25.7 Å². The Bertz CT molecular complexity index is 1440. The van der Waals surface area contributed by atoms with Crippen molar-refractivity contribution in [3.63, 3.8) is 0 Å². The summed E-state index contributed by atoms with van der Waals surface area (Å²) in [7, 11) is 1.64. The average molecular weight is 409 g/mol. The number of aromatic amines is 1. The predicted octanol–water partition coefficient (Wildman–Crippen LogP) is 4.15. The second kappa shape index (κ2) is 7.87. The molecule has 7 heteroatoms. The molecule has 0 saturated carbocycles. The van der Waals surface area contributed by atoms with Gasteiger partial charge in [-0.3, -0.25) is 4.79 Å². The zero-order valence-corrected chi connectivity index (χ0v) is 16.8. The summed E-state index contributed by atoms with van der Waals surface area (Å²) in [6.45, 7) is 0.401. The molecule has 0 saturated heterocycles. The number of methoxy groups -OCH3 is 1. The SMILES string of the molecule is COc1ccc(-c2nnc(NCc3n[nH]c(=O)c4ccccc34)c3ccccc23)cc1. The first-order valence-electron chi connectivity index (χ1n) is 9.84. The van der Waals surface area contributed by atoms with Gasteiger partial charge in [-0.2, -0.15) is 5.10 Å². The van der Waals surface area contributed by atoms with Crippen LogP contribution in [-0.4, -0.2) is 27.5 Å². The Balaban J connectivity index is 1.52. The highest BCUT2D eigenvalue weighted by Gasteiger charge is 2.12. The lowest BCUT2D eigenvalue weighted by Gasteiger charge is -2.12. The molecule has 0 radical (unpaired) electrons. The zero-order valence-electron chi connectivity index (χ0n) is 16.8. The van der Waals surface area contributed by atoms with Crippen molar-refractivity contribution < 1.29 is 4.74 Å². The molecule has 2 aromatic heterocycles. The molecule has 0 aliphatic carbocycles. The highest BCUT2D eigenvalue weighted by atomic mass is 16.5. The van der Waals surface area contributed by atoms with Gasteiger partial charge < -0.3 is 10.1 Å². The topological polar surface area (TPSA) is 92.8 Å². The van der Waals surface area contributed by atoms with Crippen molar-refractivity contribution >= 4 is 27.4 Å². The maximum Gasteiger partial charge on any atom is 0.272 e. The Morgan fingerprint density at radius 2 is 1.52 bits per heavy atom. The van der Waals surface area contributed by atoms with Crippen LogP contribution in [0.4, 0.5) is 5.82 Å². The minimum atomic E-state index is -0.201. The fourth-order valence-corrected chi connectivity index (χ4v) is 3.67. The van der Waals surface area contributed by atoms with Crippen LogP contribution in [0.25, 0.3) is 32.8 Å². The molecule has 0 unspecified atom stereocenters. The van der Waals surface area contributed by atoms with Crippen LogP contribution in [-0.2, 0) is 6.54 Å². The molecular weight excluding hydrogens is 390 g/mol. The van der Waals surface area contributed by atoms with Crippen LogP contribution in [0, 0.1) is 0 Å². The third-order valence-electron chi connectivity index (χ3n) is 5.25. The maximum atomic E-state index is 12.0. The summed E-state index contributed by atoms with van der Waals surface area (Å²) in [5.41, 5.74) is 2.30. The van der Waals surface area contributed by atoms with Gasteiger partial charge in [-0.1, -0.05) is 42.5 Å². The van der Waals surface area contributed by atoms with E-state index in [9.17, 15) is 4.79 Å². The van der Waals surface area contributed by atoms with Gasteiger partial charge in [0.25, 0.3) is 5.56 Å². The molecule has 7 nitrogen and oxygen atoms in total. The number of nitrogens with zero attached hydrogens (tertiary/aromatic N) is 3. The molecule has 0 atom stereocenters. The van der Waals surface area contributed by atoms with Crippen LogP contribution < -0.4 is 15.6 Å². The second-order valence-corrected chi connectivity index (χ2v) is 7.07. The van der Waals surface area contributed by atoms with Crippen LogP contribution in [0.15, 0.2) is 77.6 Å². The molecule has 31 heavy (non-hydrogen) atoms. The van der Waals surface area contributed by atoms with Crippen LogP contribution >= 0.6 is 0 Å². The summed E-state index contributed by atoms with van der Waals surface area (Å²) in [6.07, 6.45) is 0. The van der Waals surface area contributed by atoms with E-state index in [1.807, 2.05) is 66.7 Å². The van der Waals surface area contributed by atoms with Gasteiger partial charge in [-0.25, -0.2) is 5.10 Å². The normalized spacial score (nSPS) is 11.0. The van der Waals surface area contributed by atoms with Crippen molar-refractivity contribution in [2.24, 2.45) is 0 Å². The van der Waals surface area contributed by atoms with Gasteiger partial charge in [0.1, 0.15) is 11.4 Å². The molecule has 0 spiro atoms. The summed E-state index contributed by atoms with van der Waals surface area (Å²) < 4.78 is 5.25. The van der Waals surface area contributed by atoms with E-state index in [-0.39, 0.29) is 5.56 Å². The van der Waals surface area contributed by atoms with Crippen molar-refractivity contribution in [3.8, 4) is 17.0 Å². The predicted molar refractivity (Wildman–Crippen MR) is 121 cm³/mol. The molecule has 0 fully saturated rings. The van der Waals surface area contributed by atoms with E-state index < -0.39 is 0 Å². The summed E-state index contributed by atoms with van der Waals surface area (Å²) in [6, 6.07) is 23.2. The first-order valence-corrected chi connectivity index (χ1v) is 9.84. The molecule has 2 heterocycles. The number of H-pyrrole nitrogens is 1. The second-order valence-electron chi connectivity index (χ2n) is 7.07. The zero-order chi connectivity index (χ0) is 21.2. The molecule has 3 aromatic carbocycles. The van der Waals surface area contributed by atoms with Crippen LogP contribution in [0.5, 0.6) is 5.75 Å². The minimum Gasteiger partial charge on any atom is -0.497 e. The van der Waals surface area contributed by atoms with Crippen LogP contribution in [0.3, 0.4) is 0 Å². The van der Waals surface area contributed by atoms with Gasteiger partial charge in [-0.05, 0) is 30.3 Å². The van der Waals surface area contributed by atoms with Crippen molar-refractivity contribution in [2.75, 3.05) is 12.4 Å². The Hall–Kier alpha value is -4.26. The van der Waals surface area contributed by atoms with Gasteiger partial charge >= 0.3 is 0 Å². The molecule has 0 amide bonds. The number of hydrogen-bond donors (Lipinski definition) is 2. The fraction of sp³-hybridized carbons (Fsp3) is 0.0833. The van der Waals surface area contributed by atoms with Crippen molar-refractivity contribution in [3.05, 3.63) is 88.8 Å². The molecule has 0 aliphatic rings. The van der Waals surface area contributed by atoms with E-state index in [1.165, 1.54) is 0 Å². The summed E-state index contributed by atoms with van der Waals surface area (Å²) in [5.74, 6) is 1.45. The minimum absolute atomic E-state index is 0.201. The molecule has 5 rings (SSSR count). The van der Waals surface area contributed by atoms with E-state index >= 15 is 0 Å². The van der Waals surface area contributed by atoms with Crippen LogP contribution in [0.1, 0.15) is 5.69 Å². The molecule has 0 bridgehead atoms. The summed E-state index contributed by atoms with van der Waals surface area (Å²) in [5, 5.41) is 22.4. The largest absolute Gasteiger partial charge is 0.497 e. The number of aromatic nitrogens is 4. The van der Waals surface area contributed by atoms with Gasteiger partial charge in [0.05, 0.1) is 24.7 Å². The molecule has 5 aromatic rings. The van der Waals surface area contributed by atoms with E-state index in [1.54, 1.807) is 13.2 Å². The average Bonchev–Trinajstić information content (AvgIpc) is 2.84. The number of benzene rings is 3. The van der Waals surface area contributed by atoms with E-state index in [0.29, 0.717) is 17.7 Å². The third kappa shape index (κ3) is 3.46. The molecule has 152 valence electrons. The van der Waals surface area contributed by atoms with Crippen molar-refractivity contribution in [2.45, 2.75) is 6.54 Å². The molecule has 2 N–H and O–H groups in total. The van der Waals surface area contributed by atoms with Gasteiger partial charge in [-0.15, -0.1) is 10.2 Å². The van der Waals surface area contributed by atoms with Crippen LogP contribution in [0.2, 0.25) is 0 Å². The number of ether oxygens (including phenoxy) is 1. The van der Waals surface area contributed by atoms with E-state index in [0.717, 1.165) is 38.9 Å². The van der Waals surface area contributed by atoms with Crippen molar-refractivity contribution in [1.82, 2.24) is 20.4 Å². The Morgan fingerprint density at radius 1 is 0.839 bits per heavy atom. The lowest BCUT2D eigenvalue weighted by Crippen LogP contribution is -2.13. The molecular formula is C24H19N5O2. The number of hydrogen-bond acceptors (Lipinski definition) is 6. The molecule has 0 aliphatic heterocycles. The lowest BCUT2D eigenvalue weighted by atomic mass is 10.0. The Labute approximate surface area is 177 Å². The number of fused-ring (bicyclic) bond motifs is 2. The van der Waals surface area contributed by atoms with Gasteiger partial charge in [0.15, 0.2) is 5.82 Å². The van der Waals surface area contributed by atoms with Gasteiger partial charge in [0.2, 0.25) is 0 Å². The lowest BCUT2D eigenvalue weighted by molar-refractivity contribution is 0.415. The third-order valence-corrected chi connectivity index (χ3v) is 5.25. The monoisotopic (exact) mass is 409 g/mol. The standard InChI is InChI=1S/C24H19N5O2/c1-31-16-12-10-15(11-13-16)22-18-7-3-4-8-19(18)23(28-27-22)25-14-21-17-6-2-5-9-20(17)24(30)29-26-21/h2-13H,14H2,1H3,(H,25,28)(H,29,30). The first kappa shape index (κ1) is 18.7. The van der Waals surface area contributed by atoms with Crippen molar-refractivity contribution in [1.29, 1.82) is 0 Å². The summed E-state index contributed by atoms with van der Waals surface area (Å²) >= 11 is 0. The highest BCUT2D eigenvalue weighted by Crippen LogP contribution is 2.30. The fourth-order valence-electron chi connectivity index (χ4n) is 3.67. The highest BCUT2D eigenvalue weighted by molar-refractivity contribution is 6.00. The number of rotatable bonds is 5. The quantitative estimate of drug-likeness (QED) is 0.453. The maximum absolute atomic E-state index is 12.0. The summed E-state index contributed by atoms with van der Waals surface area (Å²) in [4.78, 5) is 12.0. The number of anilines is 1. The smallest absolute Gasteiger partial charge is 0.272 e. The van der Waals surface area contributed by atoms with Gasteiger partial charge in [0, 0.05) is 21.7 Å². The Morgan fingerprint density at radius 3 is 2.26 bits per heavy atom.